The summed E-state index contributed by atoms with van der Waals surface area (Å²) in [6.07, 6.45) is 0. The lowest BCUT2D eigenvalue weighted by Gasteiger charge is -2.38. The average Bonchev–Trinajstić information content (AvgIpc) is 3.01. The highest BCUT2D eigenvalue weighted by atomic mass is 28.4. The number of nitrogens with zero attached hydrogens (tertiary/aromatic N) is 2. The number of rotatable bonds is 10. The fourth-order valence-corrected chi connectivity index (χ4v) is 12.5. The molecular formula is C34H36N2O2Si2. The van der Waals surface area contributed by atoms with Gasteiger partial charge in [-0.05, 0) is 73.2 Å². The van der Waals surface area contributed by atoms with E-state index in [-0.39, 0.29) is 0 Å². The van der Waals surface area contributed by atoms with Crippen LogP contribution >= 0.6 is 0 Å². The van der Waals surface area contributed by atoms with Crippen LogP contribution in [-0.4, -0.2) is 54.3 Å². The molecule has 6 heteroatoms. The van der Waals surface area contributed by atoms with Crippen LogP contribution in [0.2, 0.25) is 0 Å². The van der Waals surface area contributed by atoms with E-state index in [2.05, 4.69) is 159 Å². The van der Waals surface area contributed by atoms with E-state index >= 15 is 0 Å². The van der Waals surface area contributed by atoms with Crippen LogP contribution in [0.3, 0.4) is 0 Å². The summed E-state index contributed by atoms with van der Waals surface area (Å²) in [4.78, 5) is 0. The predicted molar refractivity (Wildman–Crippen MR) is 171 cm³/mol. The first-order chi connectivity index (χ1) is 19.5. The van der Waals surface area contributed by atoms with E-state index < -0.39 is 17.0 Å². The third-order valence-corrected chi connectivity index (χ3v) is 15.3. The second-order valence-electron chi connectivity index (χ2n) is 10.2. The van der Waals surface area contributed by atoms with E-state index in [0.717, 1.165) is 11.5 Å². The van der Waals surface area contributed by atoms with Crippen LogP contribution in [0.25, 0.3) is 0 Å². The monoisotopic (exact) mass is 560 g/mol. The maximum Gasteiger partial charge on any atom is 0.398 e. The molecule has 0 saturated heterocycles. The van der Waals surface area contributed by atoms with Gasteiger partial charge in [0.25, 0.3) is 0 Å². The minimum atomic E-state index is -2.76. The molecule has 0 aliphatic heterocycles. The van der Waals surface area contributed by atoms with Crippen molar-refractivity contribution >= 4 is 37.7 Å². The van der Waals surface area contributed by atoms with Crippen LogP contribution in [0, 0.1) is 0 Å². The maximum absolute atomic E-state index is 7.05. The molecule has 4 nitrogen and oxygen atoms in total. The summed E-state index contributed by atoms with van der Waals surface area (Å²) in [6, 6.07) is 50.4. The molecule has 40 heavy (non-hydrogen) atoms. The largest absolute Gasteiger partial charge is 0.522 e. The zero-order chi connectivity index (χ0) is 28.0. The van der Waals surface area contributed by atoms with Gasteiger partial charge in [-0.2, -0.15) is 0 Å². The molecule has 0 amide bonds. The molecule has 5 aromatic carbocycles. The SMILES string of the molecule is CN(C)[Si](Oc1ccc(O[Si](c2ccccc2)(c2ccccc2)N(C)C)cc1)(c1ccccc1)c1ccccc1. The van der Waals surface area contributed by atoms with Crippen molar-refractivity contribution in [3.63, 3.8) is 0 Å². The highest BCUT2D eigenvalue weighted by molar-refractivity contribution is 6.96. The van der Waals surface area contributed by atoms with Gasteiger partial charge >= 0.3 is 17.0 Å². The Morgan fingerprint density at radius 3 is 0.775 bits per heavy atom. The Bertz CT molecular complexity index is 1290. The van der Waals surface area contributed by atoms with Crippen molar-refractivity contribution in [3.8, 4) is 11.5 Å². The molecule has 0 N–H and O–H groups in total. The zero-order valence-corrected chi connectivity index (χ0v) is 25.6. The normalized spacial score (nSPS) is 11.9. The second kappa shape index (κ2) is 12.1. The standard InChI is InChI=1S/C34H36N2O2Si2/c1-35(2)39(31-17-9-5-10-18-31,32-19-11-6-12-20-32)37-29-25-27-30(28-26-29)38-40(36(3)4,33-21-13-7-14-22-33)34-23-15-8-16-24-34/h5-28H,1-4H3. The summed E-state index contributed by atoms with van der Waals surface area (Å²) < 4.78 is 18.6. The number of hydrogen-bond acceptors (Lipinski definition) is 4. The Hall–Kier alpha value is -3.95. The minimum Gasteiger partial charge on any atom is -0.522 e. The molecule has 0 aliphatic rings. The number of benzene rings is 5. The van der Waals surface area contributed by atoms with E-state index in [4.69, 9.17) is 8.85 Å². The Morgan fingerprint density at radius 2 is 0.575 bits per heavy atom. The van der Waals surface area contributed by atoms with Gasteiger partial charge in [-0.1, -0.05) is 121 Å². The molecule has 0 aliphatic carbocycles. The maximum atomic E-state index is 7.05. The molecule has 0 bridgehead atoms. The molecule has 0 atom stereocenters. The van der Waals surface area contributed by atoms with Crippen molar-refractivity contribution in [3.05, 3.63) is 146 Å². The fraction of sp³-hybridized carbons (Fsp3) is 0.118. The first-order valence-electron chi connectivity index (χ1n) is 13.5. The van der Waals surface area contributed by atoms with Gasteiger partial charge in [0, 0.05) is 0 Å². The fourth-order valence-electron chi connectivity index (χ4n) is 5.36. The lowest BCUT2D eigenvalue weighted by atomic mass is 10.3. The van der Waals surface area contributed by atoms with Crippen LogP contribution in [0.1, 0.15) is 0 Å². The lowest BCUT2D eigenvalue weighted by molar-refractivity contribution is 0.453. The summed E-state index contributed by atoms with van der Waals surface area (Å²) in [5.41, 5.74) is 0. The van der Waals surface area contributed by atoms with Crippen LogP contribution in [0.5, 0.6) is 11.5 Å². The van der Waals surface area contributed by atoms with Crippen LogP contribution < -0.4 is 29.6 Å². The summed E-state index contributed by atoms with van der Waals surface area (Å²) in [6.45, 7) is 0. The number of hydrogen-bond donors (Lipinski definition) is 0. The molecule has 5 aromatic rings. The molecule has 202 valence electrons. The summed E-state index contributed by atoms with van der Waals surface area (Å²) in [5.74, 6) is 1.63. The van der Waals surface area contributed by atoms with Crippen LogP contribution in [-0.2, 0) is 0 Å². The van der Waals surface area contributed by atoms with Gasteiger partial charge in [-0.15, -0.1) is 0 Å². The smallest absolute Gasteiger partial charge is 0.398 e. The molecule has 0 fully saturated rings. The summed E-state index contributed by atoms with van der Waals surface area (Å²) >= 11 is 0. The van der Waals surface area contributed by atoms with E-state index in [1.807, 2.05) is 24.3 Å². The summed E-state index contributed by atoms with van der Waals surface area (Å²) in [7, 11) is 2.93. The van der Waals surface area contributed by atoms with E-state index in [0.29, 0.717) is 0 Å². The molecule has 0 radical (unpaired) electrons. The minimum absolute atomic E-state index is 0.817. The molecule has 0 aromatic heterocycles. The van der Waals surface area contributed by atoms with E-state index in [9.17, 15) is 0 Å². The molecule has 0 spiro atoms. The lowest BCUT2D eigenvalue weighted by Crippen LogP contribution is -2.72. The van der Waals surface area contributed by atoms with E-state index in [1.54, 1.807) is 0 Å². The van der Waals surface area contributed by atoms with Gasteiger partial charge in [0.05, 0.1) is 0 Å². The molecule has 0 unspecified atom stereocenters. The highest BCUT2D eigenvalue weighted by Crippen LogP contribution is 2.24. The Morgan fingerprint density at radius 1 is 0.350 bits per heavy atom. The van der Waals surface area contributed by atoms with Gasteiger partial charge in [0.15, 0.2) is 0 Å². The highest BCUT2D eigenvalue weighted by Gasteiger charge is 2.46. The van der Waals surface area contributed by atoms with E-state index in [1.165, 1.54) is 20.7 Å². The van der Waals surface area contributed by atoms with Gasteiger partial charge in [-0.25, -0.2) is 0 Å². The summed E-state index contributed by atoms with van der Waals surface area (Å²) in [5, 5.41) is 4.77. The predicted octanol–water partition coefficient (Wildman–Crippen LogP) is 4.08. The third-order valence-electron chi connectivity index (χ3n) is 7.27. The molecule has 0 heterocycles. The van der Waals surface area contributed by atoms with Crippen molar-refractivity contribution in [1.29, 1.82) is 0 Å². The van der Waals surface area contributed by atoms with Crippen LogP contribution in [0.15, 0.2) is 146 Å². The topological polar surface area (TPSA) is 24.9 Å². The van der Waals surface area contributed by atoms with Gasteiger partial charge in [0.2, 0.25) is 0 Å². The first kappa shape index (κ1) is 27.6. The van der Waals surface area contributed by atoms with Crippen molar-refractivity contribution in [1.82, 2.24) is 9.13 Å². The molecule has 0 saturated carbocycles. The quantitative estimate of drug-likeness (QED) is 0.241. The van der Waals surface area contributed by atoms with Gasteiger partial charge < -0.3 is 8.85 Å². The van der Waals surface area contributed by atoms with Gasteiger partial charge in [0.1, 0.15) is 11.5 Å². The third kappa shape index (κ3) is 5.27. The van der Waals surface area contributed by atoms with Crippen molar-refractivity contribution in [2.75, 3.05) is 28.2 Å². The Labute approximate surface area is 240 Å². The molecule has 5 rings (SSSR count). The second-order valence-corrected chi connectivity index (χ2v) is 17.3. The molecular weight excluding hydrogens is 525 g/mol. The Balaban J connectivity index is 1.54. The van der Waals surface area contributed by atoms with Crippen molar-refractivity contribution in [2.45, 2.75) is 0 Å². The average molecular weight is 561 g/mol. The van der Waals surface area contributed by atoms with Crippen molar-refractivity contribution in [2.24, 2.45) is 0 Å². The first-order valence-corrected chi connectivity index (χ1v) is 17.2. The van der Waals surface area contributed by atoms with Crippen LogP contribution in [0.4, 0.5) is 0 Å². The van der Waals surface area contributed by atoms with Gasteiger partial charge in [-0.3, -0.25) is 9.13 Å². The zero-order valence-electron chi connectivity index (χ0n) is 23.6. The van der Waals surface area contributed by atoms with Crippen molar-refractivity contribution < 1.29 is 8.85 Å². The Kier molecular flexibility index (Phi) is 8.33.